The van der Waals surface area contributed by atoms with Crippen molar-refractivity contribution < 1.29 is 0 Å². The van der Waals surface area contributed by atoms with E-state index in [1.807, 2.05) is 0 Å². The van der Waals surface area contributed by atoms with Gasteiger partial charge in [-0.3, -0.25) is 0 Å². The van der Waals surface area contributed by atoms with Crippen molar-refractivity contribution in [1.29, 1.82) is 0 Å². The van der Waals surface area contributed by atoms with Crippen LogP contribution in [0, 0.1) is 0 Å². The van der Waals surface area contributed by atoms with Crippen LogP contribution < -0.4 is 0 Å². The van der Waals surface area contributed by atoms with E-state index in [9.17, 15) is 0 Å². The van der Waals surface area contributed by atoms with Crippen molar-refractivity contribution in [3.8, 4) is 44.5 Å². The smallest absolute Gasteiger partial charge is 0.00262 e. The van der Waals surface area contributed by atoms with Crippen LogP contribution in [0.1, 0.15) is 0 Å². The molecule has 0 aliphatic heterocycles. The largest absolute Gasteiger partial charge is 0.0622 e. The van der Waals surface area contributed by atoms with E-state index in [0.29, 0.717) is 0 Å². The van der Waals surface area contributed by atoms with E-state index < -0.39 is 0 Å². The zero-order valence-corrected chi connectivity index (χ0v) is 23.2. The summed E-state index contributed by atoms with van der Waals surface area (Å²) >= 11 is 0. The van der Waals surface area contributed by atoms with Crippen LogP contribution in [-0.4, -0.2) is 0 Å². The maximum atomic E-state index is 2.37. The molecule has 0 heterocycles. The minimum Gasteiger partial charge on any atom is -0.0622 e. The minimum atomic E-state index is 1.22. The zero-order valence-electron chi connectivity index (χ0n) is 23.2. The summed E-state index contributed by atoms with van der Waals surface area (Å²) in [6.07, 6.45) is 0. The van der Waals surface area contributed by atoms with Crippen LogP contribution in [0.4, 0.5) is 0 Å². The van der Waals surface area contributed by atoms with Gasteiger partial charge in [-0.1, -0.05) is 158 Å². The van der Waals surface area contributed by atoms with Gasteiger partial charge in [-0.05, 0) is 89.0 Å². The van der Waals surface area contributed by atoms with E-state index in [1.165, 1.54) is 76.8 Å². The van der Waals surface area contributed by atoms with Crippen LogP contribution >= 0.6 is 0 Å². The van der Waals surface area contributed by atoms with Gasteiger partial charge in [0.25, 0.3) is 0 Å². The molecule has 0 radical (unpaired) electrons. The third kappa shape index (κ3) is 4.08. The lowest BCUT2D eigenvalue weighted by Crippen LogP contribution is -1.91. The fraction of sp³-hybridized carbons (Fsp3) is 0. The fourth-order valence-electron chi connectivity index (χ4n) is 6.54. The van der Waals surface area contributed by atoms with Gasteiger partial charge in [0.15, 0.2) is 0 Å². The molecule has 42 heavy (non-hydrogen) atoms. The Morgan fingerprint density at radius 2 is 0.690 bits per heavy atom. The molecular formula is C42H28. The normalized spacial score (nSPS) is 11.3. The highest BCUT2D eigenvalue weighted by Gasteiger charge is 2.17. The van der Waals surface area contributed by atoms with Gasteiger partial charge in [-0.25, -0.2) is 0 Å². The van der Waals surface area contributed by atoms with E-state index in [4.69, 9.17) is 0 Å². The summed E-state index contributed by atoms with van der Waals surface area (Å²) in [5, 5.41) is 7.62. The minimum absolute atomic E-state index is 1.22. The number of hydrogen-bond acceptors (Lipinski definition) is 0. The molecule has 0 saturated carbocycles. The van der Waals surface area contributed by atoms with E-state index in [-0.39, 0.29) is 0 Å². The van der Waals surface area contributed by atoms with Gasteiger partial charge in [-0.2, -0.15) is 0 Å². The summed E-state index contributed by atoms with van der Waals surface area (Å²) in [4.78, 5) is 0. The maximum absolute atomic E-state index is 2.37. The van der Waals surface area contributed by atoms with Crippen LogP contribution in [0.5, 0.6) is 0 Å². The van der Waals surface area contributed by atoms with Gasteiger partial charge in [-0.15, -0.1) is 0 Å². The lowest BCUT2D eigenvalue weighted by atomic mass is 9.85. The molecule has 0 nitrogen and oxygen atoms in total. The molecule has 0 aliphatic rings. The van der Waals surface area contributed by atoms with Crippen molar-refractivity contribution in [2.24, 2.45) is 0 Å². The third-order valence-electron chi connectivity index (χ3n) is 8.44. The number of benzene rings is 8. The number of rotatable bonds is 4. The molecule has 8 aromatic carbocycles. The van der Waals surface area contributed by atoms with Crippen molar-refractivity contribution in [3.05, 3.63) is 170 Å². The molecule has 0 atom stereocenters. The first-order valence-corrected chi connectivity index (χ1v) is 14.5. The van der Waals surface area contributed by atoms with Gasteiger partial charge in [0.05, 0.1) is 0 Å². The molecule has 0 aromatic heterocycles. The van der Waals surface area contributed by atoms with Crippen LogP contribution in [-0.2, 0) is 0 Å². The Morgan fingerprint density at radius 1 is 0.238 bits per heavy atom. The molecule has 0 aliphatic carbocycles. The fourth-order valence-corrected chi connectivity index (χ4v) is 6.54. The summed E-state index contributed by atoms with van der Waals surface area (Å²) in [6, 6.07) is 61.7. The van der Waals surface area contributed by atoms with E-state index in [1.54, 1.807) is 0 Å². The standard InChI is InChI=1S/C42H28/c1-2-14-30(15-3-1)35-19-6-7-20-36(35)32-17-12-18-33(28-32)41-37-21-8-10-23-39(37)42(40-24-11-9-22-38(40)41)34-26-25-29-13-4-5-16-31(29)27-34/h1-28H. The molecule has 8 aromatic rings. The van der Waals surface area contributed by atoms with Crippen molar-refractivity contribution in [2.45, 2.75) is 0 Å². The van der Waals surface area contributed by atoms with Gasteiger partial charge in [0.1, 0.15) is 0 Å². The van der Waals surface area contributed by atoms with E-state index >= 15 is 0 Å². The van der Waals surface area contributed by atoms with Crippen molar-refractivity contribution >= 4 is 32.3 Å². The Kier molecular flexibility index (Phi) is 5.90. The van der Waals surface area contributed by atoms with E-state index in [0.717, 1.165) is 0 Å². The summed E-state index contributed by atoms with van der Waals surface area (Å²) in [6.45, 7) is 0. The summed E-state index contributed by atoms with van der Waals surface area (Å²) in [5.74, 6) is 0. The van der Waals surface area contributed by atoms with Crippen LogP contribution in [0.25, 0.3) is 76.8 Å². The van der Waals surface area contributed by atoms with Gasteiger partial charge in [0, 0.05) is 0 Å². The number of hydrogen-bond donors (Lipinski definition) is 0. The second kappa shape index (κ2) is 10.2. The first-order chi connectivity index (χ1) is 20.8. The predicted octanol–water partition coefficient (Wildman–Crippen LogP) is 11.8. The lowest BCUT2D eigenvalue weighted by molar-refractivity contribution is 1.58. The molecule has 0 unspecified atom stereocenters. The van der Waals surface area contributed by atoms with Crippen LogP contribution in [0.3, 0.4) is 0 Å². The Balaban J connectivity index is 1.38. The van der Waals surface area contributed by atoms with Gasteiger partial charge < -0.3 is 0 Å². The predicted molar refractivity (Wildman–Crippen MR) is 181 cm³/mol. The highest BCUT2D eigenvalue weighted by Crippen LogP contribution is 2.45. The van der Waals surface area contributed by atoms with Crippen molar-refractivity contribution in [2.75, 3.05) is 0 Å². The van der Waals surface area contributed by atoms with Crippen LogP contribution in [0.2, 0.25) is 0 Å². The summed E-state index contributed by atoms with van der Waals surface area (Å²) < 4.78 is 0. The van der Waals surface area contributed by atoms with Crippen LogP contribution in [0.15, 0.2) is 170 Å². The maximum Gasteiger partial charge on any atom is -0.00262 e. The Labute approximate surface area is 246 Å². The second-order valence-corrected chi connectivity index (χ2v) is 10.9. The monoisotopic (exact) mass is 532 g/mol. The zero-order chi connectivity index (χ0) is 27.9. The summed E-state index contributed by atoms with van der Waals surface area (Å²) in [5.41, 5.74) is 9.99. The second-order valence-electron chi connectivity index (χ2n) is 10.9. The molecule has 0 bridgehead atoms. The SMILES string of the molecule is c1ccc(-c2ccccc2-c2cccc(-c3c4ccccc4c(-c4ccc5ccccc5c4)c4ccccc34)c2)cc1. The molecule has 196 valence electrons. The van der Waals surface area contributed by atoms with Gasteiger partial charge >= 0.3 is 0 Å². The first kappa shape index (κ1) is 24.3. The molecule has 0 heteroatoms. The van der Waals surface area contributed by atoms with E-state index in [2.05, 4.69) is 170 Å². The molecule has 0 spiro atoms. The Morgan fingerprint density at radius 3 is 1.33 bits per heavy atom. The molecule has 0 saturated heterocycles. The van der Waals surface area contributed by atoms with Crippen molar-refractivity contribution in [3.63, 3.8) is 0 Å². The molecular weight excluding hydrogens is 504 g/mol. The molecule has 0 fully saturated rings. The van der Waals surface area contributed by atoms with Gasteiger partial charge in [0.2, 0.25) is 0 Å². The average Bonchev–Trinajstić information content (AvgIpc) is 3.07. The topological polar surface area (TPSA) is 0 Å². The number of fused-ring (bicyclic) bond motifs is 3. The molecule has 0 amide bonds. The quantitative estimate of drug-likeness (QED) is 0.198. The third-order valence-corrected chi connectivity index (χ3v) is 8.44. The molecule has 8 rings (SSSR count). The highest BCUT2D eigenvalue weighted by molar-refractivity contribution is 6.21. The highest BCUT2D eigenvalue weighted by atomic mass is 14.2. The Hall–Kier alpha value is -5.46. The first-order valence-electron chi connectivity index (χ1n) is 14.5. The molecule has 0 N–H and O–H groups in total. The Bertz CT molecular complexity index is 2180. The summed E-state index contributed by atoms with van der Waals surface area (Å²) in [7, 11) is 0. The van der Waals surface area contributed by atoms with Crippen molar-refractivity contribution in [1.82, 2.24) is 0 Å². The lowest BCUT2D eigenvalue weighted by Gasteiger charge is -2.19. The average molecular weight is 533 g/mol.